The third-order valence-corrected chi connectivity index (χ3v) is 14.4. The molecule has 0 unspecified atom stereocenters. The van der Waals surface area contributed by atoms with Gasteiger partial charge in [-0.25, -0.2) is 0 Å². The van der Waals surface area contributed by atoms with Gasteiger partial charge in [0.25, 0.3) is 0 Å². The van der Waals surface area contributed by atoms with E-state index >= 15 is 0 Å². The van der Waals surface area contributed by atoms with Crippen molar-refractivity contribution in [3.8, 4) is 11.5 Å². The Labute approximate surface area is 432 Å². The van der Waals surface area contributed by atoms with Gasteiger partial charge in [-0.05, 0) is 110 Å². The molecule has 4 nitrogen and oxygen atoms in total. The van der Waals surface area contributed by atoms with Crippen molar-refractivity contribution in [2.24, 2.45) is 0 Å². The minimum Gasteiger partial charge on any atom is -0.524 e. The van der Waals surface area contributed by atoms with Crippen LogP contribution in [0, 0.1) is 0 Å². The topological polar surface area (TPSA) is 24.9 Å². The van der Waals surface area contributed by atoms with E-state index in [1.807, 2.05) is 0 Å². The van der Waals surface area contributed by atoms with Gasteiger partial charge in [-0.15, -0.1) is 0 Å². The van der Waals surface area contributed by atoms with E-state index in [1.54, 1.807) is 0 Å². The summed E-state index contributed by atoms with van der Waals surface area (Å²) in [5.41, 5.74) is 13.1. The first-order valence-electron chi connectivity index (χ1n) is 26.7. The summed E-state index contributed by atoms with van der Waals surface area (Å²) in [5.74, 6) is 1.90. The van der Waals surface area contributed by atoms with Crippen LogP contribution < -0.4 is 18.8 Å². The Hall–Kier alpha value is -3.79. The summed E-state index contributed by atoms with van der Waals surface area (Å²) >= 11 is 0. The highest BCUT2D eigenvalue weighted by Crippen LogP contribution is 2.53. The van der Waals surface area contributed by atoms with Crippen molar-refractivity contribution in [1.29, 1.82) is 0 Å². The molecule has 384 valence electrons. The van der Waals surface area contributed by atoms with Gasteiger partial charge in [0.2, 0.25) is 0 Å². The first kappa shape index (κ1) is 57.1. The van der Waals surface area contributed by atoms with E-state index in [4.69, 9.17) is 9.31 Å². The zero-order valence-electron chi connectivity index (χ0n) is 50.6. The van der Waals surface area contributed by atoms with Crippen molar-refractivity contribution in [3.63, 3.8) is 0 Å². The highest BCUT2D eigenvalue weighted by Gasteiger charge is 2.65. The van der Waals surface area contributed by atoms with Gasteiger partial charge in [0.05, 0.1) is 0 Å². The molecule has 4 aromatic carbocycles. The van der Waals surface area contributed by atoms with Crippen molar-refractivity contribution < 1.29 is 9.31 Å². The molecule has 1 saturated heterocycles. The molecule has 6 heteroatoms. The van der Waals surface area contributed by atoms with Crippen molar-refractivity contribution >= 4 is 25.7 Å². The third kappa shape index (κ3) is 11.7. The molecule has 0 aliphatic carbocycles. The number of nitrogens with zero attached hydrogens (tertiary/aromatic N) is 2. The lowest BCUT2D eigenvalue weighted by molar-refractivity contribution is 0.455. The fraction of sp³-hybridized carbons (Fsp3) is 0.625. The van der Waals surface area contributed by atoms with E-state index < -0.39 is 14.4 Å². The van der Waals surface area contributed by atoms with E-state index in [2.05, 4.69) is 278 Å². The molecule has 0 radical (unpaired) electrons. The molecular weight excluding hydrogens is 850 g/mol. The molecule has 0 N–H and O–H groups in total. The number of rotatable bonds is 6. The molecule has 5 rings (SSSR count). The lowest BCUT2D eigenvalue weighted by Crippen LogP contribution is -2.84. The predicted molar refractivity (Wildman–Crippen MR) is 310 cm³/mol. The Morgan fingerprint density at radius 2 is 0.457 bits per heavy atom. The monoisotopic (exact) mass is 951 g/mol. The normalized spacial score (nSPS) is 15.2. The van der Waals surface area contributed by atoms with Gasteiger partial charge in [0, 0.05) is 11.4 Å². The van der Waals surface area contributed by atoms with Gasteiger partial charge < -0.3 is 18.8 Å². The molecule has 1 fully saturated rings. The third-order valence-electron chi connectivity index (χ3n) is 14.4. The average Bonchev–Trinajstić information content (AvgIpc) is 3.13. The Bertz CT molecular complexity index is 2230. The predicted octanol–water partition coefficient (Wildman–Crippen LogP) is 18.1. The van der Waals surface area contributed by atoms with Gasteiger partial charge >= 0.3 is 14.4 Å². The molecule has 0 saturated carbocycles. The summed E-state index contributed by atoms with van der Waals surface area (Å²) < 4.78 is 21.5. The van der Waals surface area contributed by atoms with Crippen LogP contribution in [-0.4, -0.2) is 14.4 Å². The van der Waals surface area contributed by atoms with Gasteiger partial charge in [-0.1, -0.05) is 268 Å². The highest BCUT2D eigenvalue weighted by atomic mass is 16.5. The maximum Gasteiger partial charge on any atom is 0.601 e. The Morgan fingerprint density at radius 1 is 0.271 bits per heavy atom. The van der Waals surface area contributed by atoms with E-state index in [-0.39, 0.29) is 54.1 Å². The van der Waals surface area contributed by atoms with Crippen molar-refractivity contribution in [3.05, 3.63) is 116 Å². The van der Waals surface area contributed by atoms with Crippen molar-refractivity contribution in [2.45, 2.75) is 262 Å². The number of hydrogen-bond acceptors (Lipinski definition) is 4. The van der Waals surface area contributed by atoms with Crippen LogP contribution >= 0.6 is 0 Å². The largest absolute Gasteiger partial charge is 0.601 e. The first-order valence-corrected chi connectivity index (χ1v) is 26.7. The Balaban J connectivity index is 2.17. The van der Waals surface area contributed by atoms with Gasteiger partial charge in [-0.3, -0.25) is 0 Å². The summed E-state index contributed by atoms with van der Waals surface area (Å²) in [6.07, 6.45) is 0. The van der Waals surface area contributed by atoms with E-state index in [1.165, 1.54) is 67.0 Å². The molecule has 0 atom stereocenters. The van der Waals surface area contributed by atoms with Crippen molar-refractivity contribution in [1.82, 2.24) is 0 Å². The summed E-state index contributed by atoms with van der Waals surface area (Å²) in [5, 5.41) is 0. The molecule has 70 heavy (non-hydrogen) atoms. The lowest BCUT2D eigenvalue weighted by Gasteiger charge is -2.56. The minimum atomic E-state index is -0.611. The molecule has 4 aromatic rings. The fourth-order valence-electron chi connectivity index (χ4n) is 9.96. The van der Waals surface area contributed by atoms with Crippen LogP contribution in [0.5, 0.6) is 11.5 Å². The smallest absolute Gasteiger partial charge is 0.524 e. The standard InChI is InChI=1S/C64H100B2N2O2/c1-55(2,3)41-37-47(61(19,20)21)51(48(38-41)62(22,23)24)67-65(69-53-43(57(7,8)9)33-31-34-44(53)58(10,11)12)68(66(67)70-54-45(59(13,14)15)35-32-36-46(54)60(16,17)18)52-49(63(25,26)27)39-42(56(4,5)6)40-50(52)64(28,29)30/h31-40H,1-30H3. The number of para-hydroxylation sites is 2. The van der Waals surface area contributed by atoms with Crippen LogP contribution in [0.25, 0.3) is 0 Å². The lowest BCUT2D eigenvalue weighted by atomic mass is 9.56. The van der Waals surface area contributed by atoms with Gasteiger partial charge in [0.1, 0.15) is 11.5 Å². The van der Waals surface area contributed by atoms with Gasteiger partial charge in [0.15, 0.2) is 0 Å². The first-order chi connectivity index (χ1) is 31.1. The quantitative estimate of drug-likeness (QED) is 0.180. The Kier molecular flexibility index (Phi) is 14.7. The molecule has 0 bridgehead atoms. The molecule has 0 amide bonds. The fourth-order valence-corrected chi connectivity index (χ4v) is 9.96. The number of benzene rings is 4. The van der Waals surface area contributed by atoms with E-state index in [0.29, 0.717) is 0 Å². The second-order valence-electron chi connectivity index (χ2n) is 31.4. The second kappa shape index (κ2) is 18.0. The van der Waals surface area contributed by atoms with Crippen molar-refractivity contribution in [2.75, 3.05) is 9.44 Å². The molecule has 0 aromatic heterocycles. The zero-order chi connectivity index (χ0) is 53.9. The summed E-state index contributed by atoms with van der Waals surface area (Å²) in [6.45, 7) is 70.6. The van der Waals surface area contributed by atoms with Crippen LogP contribution in [0.4, 0.5) is 11.4 Å². The second-order valence-corrected chi connectivity index (χ2v) is 31.4. The maximum atomic E-state index is 8.20. The molecular formula is C64H100B2N2O2. The zero-order valence-corrected chi connectivity index (χ0v) is 50.6. The summed E-state index contributed by atoms with van der Waals surface area (Å²) in [6, 6.07) is 23.7. The van der Waals surface area contributed by atoms with Crippen LogP contribution in [0.15, 0.2) is 60.7 Å². The van der Waals surface area contributed by atoms with Crippen LogP contribution in [-0.2, 0) is 54.1 Å². The van der Waals surface area contributed by atoms with E-state index in [9.17, 15) is 0 Å². The molecule has 0 spiro atoms. The number of anilines is 2. The summed E-state index contributed by atoms with van der Waals surface area (Å²) in [7, 11) is -1.22. The molecule has 1 aliphatic heterocycles. The van der Waals surface area contributed by atoms with E-state index in [0.717, 1.165) is 11.5 Å². The minimum absolute atomic E-state index is 0.0795. The SMILES string of the molecule is CC(C)(C)c1cc(C(C)(C)C)c(N2B(Oc3c(C(C)(C)C)cccc3C(C)(C)C)N(c3c(C(C)(C)C)cc(C(C)(C)C)cc3C(C)(C)C)B2Oc2c(C(C)(C)C)cccc2C(C)(C)C)c(C(C)(C)C)c1. The van der Waals surface area contributed by atoms with Crippen LogP contribution in [0.2, 0.25) is 0 Å². The average molecular weight is 951 g/mol. The Morgan fingerprint density at radius 3 is 0.614 bits per heavy atom. The highest BCUT2D eigenvalue weighted by molar-refractivity contribution is 7.00. The number of hydrogen-bond donors (Lipinski definition) is 0. The van der Waals surface area contributed by atoms with Crippen LogP contribution in [0.1, 0.15) is 263 Å². The van der Waals surface area contributed by atoms with Gasteiger partial charge in [-0.2, -0.15) is 0 Å². The van der Waals surface area contributed by atoms with Crippen LogP contribution in [0.3, 0.4) is 0 Å². The molecule has 1 heterocycles. The summed E-state index contributed by atoms with van der Waals surface area (Å²) in [4.78, 5) is 0. The molecule has 1 aliphatic rings. The maximum absolute atomic E-state index is 8.20.